The summed E-state index contributed by atoms with van der Waals surface area (Å²) in [5, 5.41) is 16.3. The molecule has 0 saturated carbocycles. The average molecular weight is 351 g/mol. The molecule has 2 aromatic heterocycles. The van der Waals surface area contributed by atoms with Gasteiger partial charge in [-0.15, -0.1) is 0 Å². The third kappa shape index (κ3) is 3.12. The summed E-state index contributed by atoms with van der Waals surface area (Å²) < 4.78 is 5.21. The number of urea groups is 1. The molecule has 0 spiro atoms. The summed E-state index contributed by atoms with van der Waals surface area (Å²) in [6.07, 6.45) is 2.95. The molecule has 0 radical (unpaired) electrons. The lowest BCUT2D eigenvalue weighted by molar-refractivity contribution is 0.159. The van der Waals surface area contributed by atoms with Gasteiger partial charge >= 0.3 is 6.03 Å². The van der Waals surface area contributed by atoms with Crippen LogP contribution in [0, 0.1) is 13.8 Å². The van der Waals surface area contributed by atoms with Gasteiger partial charge in [0.25, 0.3) is 0 Å². The molecule has 1 atom stereocenters. The average Bonchev–Trinajstić information content (AvgIpc) is 3.08. The monoisotopic (exact) mass is 351 g/mol. The topological polar surface area (TPSA) is 84.2 Å². The lowest BCUT2D eigenvalue weighted by Crippen LogP contribution is -2.41. The number of likely N-dealkylation sites (tertiary alicyclic amines) is 1. The lowest BCUT2D eigenvalue weighted by atomic mass is 9.99. The van der Waals surface area contributed by atoms with E-state index in [2.05, 4.69) is 20.7 Å². The first-order valence-corrected chi connectivity index (χ1v) is 8.86. The summed E-state index contributed by atoms with van der Waals surface area (Å²) in [7, 11) is 0. The summed E-state index contributed by atoms with van der Waals surface area (Å²) in [5.74, 6) is 0.758. The first-order chi connectivity index (χ1) is 12.6. The number of benzene rings is 1. The molecule has 3 aromatic rings. The van der Waals surface area contributed by atoms with Gasteiger partial charge in [0.15, 0.2) is 0 Å². The SMILES string of the molecule is Cc1cc2c(NC(=O)N3CCCCC3c3cc(C)on3)cccc2nn1. The number of hydrogen-bond donors (Lipinski definition) is 1. The van der Waals surface area contributed by atoms with Crippen molar-refractivity contribution in [3.05, 3.63) is 47.5 Å². The molecular formula is C19H21N5O2. The maximum Gasteiger partial charge on any atom is 0.322 e. The summed E-state index contributed by atoms with van der Waals surface area (Å²) in [6, 6.07) is 9.31. The largest absolute Gasteiger partial charge is 0.361 e. The van der Waals surface area contributed by atoms with Crippen molar-refractivity contribution >= 4 is 22.6 Å². The standard InChI is InChI=1S/C19H21N5O2/c1-12-10-14-15(6-5-7-16(14)22-21-12)20-19(25)24-9-4-3-8-18(24)17-11-13(2)26-23-17/h5-7,10-11,18H,3-4,8-9H2,1-2H3,(H,20,25). The highest BCUT2D eigenvalue weighted by atomic mass is 16.5. The van der Waals surface area contributed by atoms with Crippen LogP contribution in [0.4, 0.5) is 10.5 Å². The molecule has 1 saturated heterocycles. The van der Waals surface area contributed by atoms with Gasteiger partial charge in [0, 0.05) is 18.0 Å². The van der Waals surface area contributed by atoms with Gasteiger partial charge in [-0.3, -0.25) is 0 Å². The van der Waals surface area contributed by atoms with Crippen LogP contribution >= 0.6 is 0 Å². The van der Waals surface area contributed by atoms with E-state index in [4.69, 9.17) is 4.52 Å². The van der Waals surface area contributed by atoms with Crippen LogP contribution in [0.2, 0.25) is 0 Å². The van der Waals surface area contributed by atoms with E-state index < -0.39 is 0 Å². The number of aromatic nitrogens is 3. The molecule has 1 unspecified atom stereocenters. The number of aryl methyl sites for hydroxylation is 2. The third-order valence-corrected chi connectivity index (χ3v) is 4.74. The normalized spacial score (nSPS) is 17.5. The Bertz CT molecular complexity index is 952. The molecule has 7 nitrogen and oxygen atoms in total. The van der Waals surface area contributed by atoms with Crippen LogP contribution in [0.15, 0.2) is 34.9 Å². The molecular weight excluding hydrogens is 330 g/mol. The Morgan fingerprint density at radius 2 is 2.12 bits per heavy atom. The predicted molar refractivity (Wildman–Crippen MR) is 97.8 cm³/mol. The number of piperidine rings is 1. The molecule has 3 heterocycles. The van der Waals surface area contributed by atoms with Crippen LogP contribution in [0.5, 0.6) is 0 Å². The predicted octanol–water partition coefficient (Wildman–Crippen LogP) is 3.99. The lowest BCUT2D eigenvalue weighted by Gasteiger charge is -2.34. The molecule has 4 rings (SSSR count). The Balaban J connectivity index is 1.62. The molecule has 134 valence electrons. The number of fused-ring (bicyclic) bond motifs is 1. The highest BCUT2D eigenvalue weighted by molar-refractivity contribution is 6.00. The van der Waals surface area contributed by atoms with Gasteiger partial charge in [-0.2, -0.15) is 10.2 Å². The molecule has 1 aliphatic heterocycles. The zero-order valence-electron chi connectivity index (χ0n) is 14.9. The zero-order valence-corrected chi connectivity index (χ0v) is 14.9. The minimum Gasteiger partial charge on any atom is -0.361 e. The van der Waals surface area contributed by atoms with Crippen molar-refractivity contribution < 1.29 is 9.32 Å². The maximum absolute atomic E-state index is 13.0. The molecule has 2 amide bonds. The fourth-order valence-electron chi connectivity index (χ4n) is 3.48. The van der Waals surface area contributed by atoms with Crippen molar-refractivity contribution in [2.45, 2.75) is 39.2 Å². The van der Waals surface area contributed by atoms with Crippen molar-refractivity contribution in [1.29, 1.82) is 0 Å². The van der Waals surface area contributed by atoms with Gasteiger partial charge in [-0.05, 0) is 51.3 Å². The van der Waals surface area contributed by atoms with E-state index in [1.165, 1.54) is 0 Å². The zero-order chi connectivity index (χ0) is 18.1. The minimum atomic E-state index is -0.127. The first kappa shape index (κ1) is 16.5. The molecule has 0 aliphatic carbocycles. The van der Waals surface area contributed by atoms with Gasteiger partial charge in [-0.1, -0.05) is 11.2 Å². The molecule has 0 bridgehead atoms. The van der Waals surface area contributed by atoms with Crippen LogP contribution in [0.25, 0.3) is 10.9 Å². The number of hydrogen-bond acceptors (Lipinski definition) is 5. The second kappa shape index (κ2) is 6.74. The smallest absolute Gasteiger partial charge is 0.322 e. The minimum absolute atomic E-state index is 0.0577. The molecule has 1 N–H and O–H groups in total. The van der Waals surface area contributed by atoms with E-state index in [1.54, 1.807) is 0 Å². The first-order valence-electron chi connectivity index (χ1n) is 8.86. The summed E-state index contributed by atoms with van der Waals surface area (Å²) in [4.78, 5) is 14.9. The Kier molecular flexibility index (Phi) is 4.28. The van der Waals surface area contributed by atoms with Gasteiger partial charge in [0.2, 0.25) is 0 Å². The van der Waals surface area contributed by atoms with E-state index >= 15 is 0 Å². The van der Waals surface area contributed by atoms with E-state index in [-0.39, 0.29) is 12.1 Å². The number of carbonyl (C=O) groups is 1. The molecule has 1 aromatic carbocycles. The van der Waals surface area contributed by atoms with E-state index in [1.807, 2.05) is 49.1 Å². The Hall–Kier alpha value is -2.96. The number of nitrogens with one attached hydrogen (secondary N) is 1. The van der Waals surface area contributed by atoms with Crippen molar-refractivity contribution in [2.24, 2.45) is 0 Å². The van der Waals surface area contributed by atoms with Crippen molar-refractivity contribution in [2.75, 3.05) is 11.9 Å². The fraction of sp³-hybridized carbons (Fsp3) is 0.368. The van der Waals surface area contributed by atoms with Crippen molar-refractivity contribution in [3.8, 4) is 0 Å². The highest BCUT2D eigenvalue weighted by Gasteiger charge is 2.30. The van der Waals surface area contributed by atoms with E-state index in [9.17, 15) is 4.79 Å². The number of anilines is 1. The molecule has 26 heavy (non-hydrogen) atoms. The maximum atomic E-state index is 13.0. The second-order valence-corrected chi connectivity index (χ2v) is 6.72. The van der Waals surface area contributed by atoms with Crippen LogP contribution < -0.4 is 5.32 Å². The second-order valence-electron chi connectivity index (χ2n) is 6.72. The number of nitrogens with zero attached hydrogens (tertiary/aromatic N) is 4. The Morgan fingerprint density at radius 3 is 2.92 bits per heavy atom. The van der Waals surface area contributed by atoms with Gasteiger partial charge in [0.1, 0.15) is 11.5 Å². The summed E-state index contributed by atoms with van der Waals surface area (Å²) >= 11 is 0. The van der Waals surface area contributed by atoms with Gasteiger partial charge < -0.3 is 14.7 Å². The summed E-state index contributed by atoms with van der Waals surface area (Å²) in [5.41, 5.74) is 3.13. The van der Waals surface area contributed by atoms with Crippen LogP contribution in [0.1, 0.15) is 42.5 Å². The summed E-state index contributed by atoms with van der Waals surface area (Å²) in [6.45, 7) is 4.45. The fourth-order valence-corrected chi connectivity index (χ4v) is 3.48. The molecule has 1 aliphatic rings. The van der Waals surface area contributed by atoms with E-state index in [0.717, 1.165) is 53.0 Å². The van der Waals surface area contributed by atoms with Crippen LogP contribution in [0.3, 0.4) is 0 Å². The van der Waals surface area contributed by atoms with Crippen LogP contribution in [-0.4, -0.2) is 32.8 Å². The molecule has 7 heteroatoms. The molecule has 1 fully saturated rings. The quantitative estimate of drug-likeness (QED) is 0.754. The Morgan fingerprint density at radius 1 is 1.23 bits per heavy atom. The number of rotatable bonds is 2. The van der Waals surface area contributed by atoms with Gasteiger partial charge in [-0.25, -0.2) is 4.79 Å². The highest BCUT2D eigenvalue weighted by Crippen LogP contribution is 2.31. The van der Waals surface area contributed by atoms with Crippen molar-refractivity contribution in [1.82, 2.24) is 20.3 Å². The van der Waals surface area contributed by atoms with Gasteiger partial charge in [0.05, 0.1) is 22.9 Å². The number of amides is 2. The Labute approximate surface area is 151 Å². The third-order valence-electron chi connectivity index (χ3n) is 4.74. The van der Waals surface area contributed by atoms with Crippen LogP contribution in [-0.2, 0) is 0 Å². The van der Waals surface area contributed by atoms with E-state index in [0.29, 0.717) is 6.54 Å². The number of carbonyl (C=O) groups excluding carboxylic acids is 1. The van der Waals surface area contributed by atoms with Crippen molar-refractivity contribution in [3.63, 3.8) is 0 Å².